The fourth-order valence-corrected chi connectivity index (χ4v) is 3.35. The summed E-state index contributed by atoms with van der Waals surface area (Å²) in [7, 11) is 1.59. The highest BCUT2D eigenvalue weighted by Gasteiger charge is 2.42. The number of benzene rings is 1. The lowest BCUT2D eigenvalue weighted by Crippen LogP contribution is -2.64. The van der Waals surface area contributed by atoms with Crippen molar-refractivity contribution in [2.75, 3.05) is 12.0 Å². The molecule has 2 aromatic rings. The Morgan fingerprint density at radius 1 is 1.16 bits per heavy atom. The van der Waals surface area contributed by atoms with Crippen molar-refractivity contribution >= 4 is 23.7 Å². The van der Waals surface area contributed by atoms with Gasteiger partial charge in [-0.15, -0.1) is 0 Å². The van der Waals surface area contributed by atoms with Gasteiger partial charge in [0.15, 0.2) is 0 Å². The van der Waals surface area contributed by atoms with E-state index in [9.17, 15) is 14.4 Å². The first-order valence-corrected chi connectivity index (χ1v) is 10.3. The highest BCUT2D eigenvalue weighted by atomic mass is 16.6. The van der Waals surface area contributed by atoms with Gasteiger partial charge in [0.25, 0.3) is 0 Å². The summed E-state index contributed by atoms with van der Waals surface area (Å²) in [6, 6.07) is 10.1. The van der Waals surface area contributed by atoms with E-state index in [0.29, 0.717) is 18.0 Å². The number of anilines is 1. The van der Waals surface area contributed by atoms with Crippen LogP contribution in [0, 0.1) is 5.92 Å². The second-order valence-electron chi connectivity index (χ2n) is 8.64. The zero-order chi connectivity index (χ0) is 23.5. The molecule has 9 nitrogen and oxygen atoms in total. The molecule has 170 valence electrons. The summed E-state index contributed by atoms with van der Waals surface area (Å²) in [5.41, 5.74) is 6.27. The van der Waals surface area contributed by atoms with Crippen LogP contribution in [0.3, 0.4) is 0 Å². The Morgan fingerprint density at radius 2 is 1.84 bits per heavy atom. The van der Waals surface area contributed by atoms with Gasteiger partial charge in [-0.25, -0.2) is 9.78 Å². The van der Waals surface area contributed by atoms with Crippen LogP contribution < -0.4 is 20.7 Å². The normalized spacial score (nSPS) is 17.7. The smallest absolute Gasteiger partial charge is 0.416 e. The number of β-lactam (4-membered cyclic amide) rings is 1. The first-order valence-electron chi connectivity index (χ1n) is 10.3. The maximum absolute atomic E-state index is 13.0. The molecule has 0 saturated carbocycles. The molecule has 1 unspecified atom stereocenters. The van der Waals surface area contributed by atoms with Crippen molar-refractivity contribution in [3.8, 4) is 5.75 Å². The second kappa shape index (κ2) is 9.25. The fourth-order valence-electron chi connectivity index (χ4n) is 3.35. The van der Waals surface area contributed by atoms with Crippen LogP contribution in [0.1, 0.15) is 31.9 Å². The van der Waals surface area contributed by atoms with E-state index >= 15 is 0 Å². The van der Waals surface area contributed by atoms with Crippen LogP contribution in [0.5, 0.6) is 5.75 Å². The molecule has 9 heteroatoms. The standard InChI is InChI=1S/C23H28N4O5/c1-23(2,3)32-22(30)27(13-14-5-7-16(31-4)8-6-14)18-12-15(9-10-25-18)11-17-19(20(24)28)26-21(17)29/h5-10,12,17,19H,11,13H2,1-4H3,(H2,24,28)(H,26,29)/t17?,19-/m0/s1. The third-order valence-electron chi connectivity index (χ3n) is 5.00. The van der Waals surface area contributed by atoms with E-state index in [1.807, 2.05) is 24.3 Å². The average Bonchev–Trinajstić information content (AvgIpc) is 2.73. The number of nitrogens with zero attached hydrogens (tertiary/aromatic N) is 2. The van der Waals surface area contributed by atoms with Crippen molar-refractivity contribution in [2.45, 2.75) is 45.4 Å². The van der Waals surface area contributed by atoms with Gasteiger partial charge in [-0.2, -0.15) is 0 Å². The maximum atomic E-state index is 13.0. The summed E-state index contributed by atoms with van der Waals surface area (Å²) in [5.74, 6) is -0.254. The molecule has 1 aliphatic rings. The van der Waals surface area contributed by atoms with Crippen molar-refractivity contribution in [3.63, 3.8) is 0 Å². The van der Waals surface area contributed by atoms with Crippen molar-refractivity contribution in [2.24, 2.45) is 11.7 Å². The SMILES string of the molecule is COc1ccc(CN(C(=O)OC(C)(C)C)c2cc(CC3C(=O)N[C@@H]3C(N)=O)ccn2)cc1. The minimum absolute atomic E-state index is 0.225. The van der Waals surface area contributed by atoms with E-state index in [1.165, 1.54) is 4.90 Å². The van der Waals surface area contributed by atoms with Gasteiger partial charge < -0.3 is 20.5 Å². The molecule has 3 amide bonds. The van der Waals surface area contributed by atoms with Crippen LogP contribution in [-0.4, -0.2) is 41.6 Å². The summed E-state index contributed by atoms with van der Waals surface area (Å²) in [4.78, 5) is 42.2. The summed E-state index contributed by atoms with van der Waals surface area (Å²) < 4.78 is 10.8. The van der Waals surface area contributed by atoms with E-state index in [1.54, 1.807) is 46.2 Å². The average molecular weight is 441 g/mol. The van der Waals surface area contributed by atoms with Crippen LogP contribution in [0.2, 0.25) is 0 Å². The molecule has 1 fully saturated rings. The highest BCUT2D eigenvalue weighted by molar-refractivity contribution is 5.98. The second-order valence-corrected chi connectivity index (χ2v) is 8.64. The number of hydrogen-bond acceptors (Lipinski definition) is 6. The maximum Gasteiger partial charge on any atom is 0.416 e. The van der Waals surface area contributed by atoms with Gasteiger partial charge >= 0.3 is 6.09 Å². The number of amides is 3. The number of aromatic nitrogens is 1. The molecule has 1 aliphatic heterocycles. The van der Waals surface area contributed by atoms with E-state index in [2.05, 4.69) is 10.3 Å². The van der Waals surface area contributed by atoms with Crippen molar-refractivity contribution in [3.05, 3.63) is 53.7 Å². The zero-order valence-electron chi connectivity index (χ0n) is 18.6. The minimum atomic E-state index is -0.694. The largest absolute Gasteiger partial charge is 0.497 e. The Labute approximate surface area is 186 Å². The van der Waals surface area contributed by atoms with E-state index in [0.717, 1.165) is 11.1 Å². The Morgan fingerprint density at radius 3 is 2.41 bits per heavy atom. The van der Waals surface area contributed by atoms with Gasteiger partial charge in [0.1, 0.15) is 23.2 Å². The third kappa shape index (κ3) is 5.54. The van der Waals surface area contributed by atoms with Gasteiger partial charge in [-0.1, -0.05) is 12.1 Å². The molecular formula is C23H28N4O5. The number of nitrogens with one attached hydrogen (secondary N) is 1. The van der Waals surface area contributed by atoms with E-state index in [4.69, 9.17) is 15.2 Å². The van der Waals surface area contributed by atoms with E-state index in [-0.39, 0.29) is 12.5 Å². The van der Waals surface area contributed by atoms with Crippen LogP contribution in [0.15, 0.2) is 42.6 Å². The Hall–Kier alpha value is -3.62. The molecule has 3 N–H and O–H groups in total. The first kappa shape index (κ1) is 23.1. The lowest BCUT2D eigenvalue weighted by molar-refractivity contribution is -0.142. The molecule has 1 saturated heterocycles. The topological polar surface area (TPSA) is 124 Å². The fraction of sp³-hybridized carbons (Fsp3) is 0.391. The van der Waals surface area contributed by atoms with Crippen molar-refractivity contribution < 1.29 is 23.9 Å². The molecule has 32 heavy (non-hydrogen) atoms. The molecule has 0 bridgehead atoms. The zero-order valence-corrected chi connectivity index (χ0v) is 18.6. The van der Waals surface area contributed by atoms with Crippen LogP contribution >= 0.6 is 0 Å². The summed E-state index contributed by atoms with van der Waals surface area (Å²) in [5, 5.41) is 2.51. The number of ether oxygens (including phenoxy) is 2. The van der Waals surface area contributed by atoms with E-state index < -0.39 is 29.6 Å². The third-order valence-corrected chi connectivity index (χ3v) is 5.00. The number of methoxy groups -OCH3 is 1. The lowest BCUT2D eigenvalue weighted by atomic mass is 9.84. The number of carbonyl (C=O) groups is 3. The number of primary amides is 1. The van der Waals surface area contributed by atoms with Crippen molar-refractivity contribution in [1.29, 1.82) is 0 Å². The summed E-state index contributed by atoms with van der Waals surface area (Å²) in [6.07, 6.45) is 1.32. The Balaban J connectivity index is 1.86. The number of pyridine rings is 1. The number of rotatable bonds is 7. The van der Waals surface area contributed by atoms with Crippen LogP contribution in [0.4, 0.5) is 10.6 Å². The monoisotopic (exact) mass is 440 g/mol. The summed E-state index contributed by atoms with van der Waals surface area (Å²) in [6.45, 7) is 5.60. The minimum Gasteiger partial charge on any atom is -0.497 e. The predicted octanol–water partition coefficient (Wildman–Crippen LogP) is 2.17. The number of carbonyl (C=O) groups excluding carboxylic acids is 3. The number of nitrogens with two attached hydrogens (primary N) is 1. The Bertz CT molecular complexity index is 1000. The molecule has 3 rings (SSSR count). The van der Waals surface area contributed by atoms with Gasteiger partial charge in [-0.3, -0.25) is 14.5 Å². The van der Waals surface area contributed by atoms with Gasteiger partial charge in [-0.05, 0) is 62.6 Å². The van der Waals surface area contributed by atoms with Gasteiger partial charge in [0, 0.05) is 6.20 Å². The molecule has 2 atom stereocenters. The predicted molar refractivity (Wildman–Crippen MR) is 118 cm³/mol. The molecule has 1 aromatic carbocycles. The Kier molecular flexibility index (Phi) is 6.67. The molecular weight excluding hydrogens is 412 g/mol. The first-order chi connectivity index (χ1) is 15.1. The summed E-state index contributed by atoms with van der Waals surface area (Å²) >= 11 is 0. The van der Waals surface area contributed by atoms with Gasteiger partial charge in [0.2, 0.25) is 11.8 Å². The van der Waals surface area contributed by atoms with Gasteiger partial charge in [0.05, 0.1) is 19.6 Å². The molecule has 1 aromatic heterocycles. The lowest BCUT2D eigenvalue weighted by Gasteiger charge is -2.34. The van der Waals surface area contributed by atoms with Crippen LogP contribution in [-0.2, 0) is 27.3 Å². The molecule has 2 heterocycles. The molecule has 0 spiro atoms. The molecule has 0 aliphatic carbocycles. The van der Waals surface area contributed by atoms with Crippen molar-refractivity contribution in [1.82, 2.24) is 10.3 Å². The quantitative estimate of drug-likeness (QED) is 0.636. The highest BCUT2D eigenvalue weighted by Crippen LogP contribution is 2.25. The number of hydrogen-bond donors (Lipinski definition) is 2. The molecule has 0 radical (unpaired) electrons. The van der Waals surface area contributed by atoms with Crippen LogP contribution in [0.25, 0.3) is 0 Å².